The molecule has 0 unspecified atom stereocenters. The molecule has 5 nitrogen and oxygen atoms in total. The SMILES string of the molecule is NC(=O)c1ccccc1OS(=O)(=O)c1ccc(Cl)c(C(F)(F)F)c1. The molecule has 0 heterocycles. The third-order valence-corrected chi connectivity index (χ3v) is 4.44. The van der Waals surface area contributed by atoms with Crippen molar-refractivity contribution in [2.45, 2.75) is 11.1 Å². The highest BCUT2D eigenvalue weighted by Gasteiger charge is 2.35. The minimum atomic E-state index is -4.84. The fourth-order valence-corrected chi connectivity index (χ4v) is 2.99. The Hall–Kier alpha value is -2.26. The van der Waals surface area contributed by atoms with E-state index in [-0.39, 0.29) is 5.56 Å². The van der Waals surface area contributed by atoms with E-state index in [1.165, 1.54) is 18.2 Å². The van der Waals surface area contributed by atoms with Crippen LogP contribution >= 0.6 is 11.6 Å². The normalized spacial score (nSPS) is 12.0. The molecule has 128 valence electrons. The smallest absolute Gasteiger partial charge is 0.378 e. The van der Waals surface area contributed by atoms with Crippen LogP contribution in [0.25, 0.3) is 0 Å². The molecule has 0 aliphatic heterocycles. The van der Waals surface area contributed by atoms with E-state index >= 15 is 0 Å². The van der Waals surface area contributed by atoms with Gasteiger partial charge in [0.15, 0.2) is 5.75 Å². The van der Waals surface area contributed by atoms with Crippen molar-refractivity contribution in [3.63, 3.8) is 0 Å². The predicted octanol–water partition coefficient (Wildman–Crippen LogP) is 3.23. The number of hydrogen-bond acceptors (Lipinski definition) is 4. The van der Waals surface area contributed by atoms with E-state index in [0.717, 1.165) is 18.2 Å². The summed E-state index contributed by atoms with van der Waals surface area (Å²) < 4.78 is 67.6. The summed E-state index contributed by atoms with van der Waals surface area (Å²) in [5.41, 5.74) is 3.54. The van der Waals surface area contributed by atoms with Gasteiger partial charge in [-0.25, -0.2) is 0 Å². The molecular weight excluding hydrogens is 371 g/mol. The molecule has 2 rings (SSSR count). The number of para-hydroxylation sites is 1. The molecule has 10 heteroatoms. The second-order valence-electron chi connectivity index (χ2n) is 4.54. The van der Waals surface area contributed by atoms with Crippen molar-refractivity contribution in [3.8, 4) is 5.75 Å². The van der Waals surface area contributed by atoms with Gasteiger partial charge in [0.25, 0.3) is 5.91 Å². The van der Waals surface area contributed by atoms with Gasteiger partial charge in [-0.05, 0) is 30.3 Å². The molecular formula is C14H9ClF3NO4S. The minimum absolute atomic E-state index is 0.230. The van der Waals surface area contributed by atoms with E-state index in [0.29, 0.717) is 6.07 Å². The van der Waals surface area contributed by atoms with Crippen LogP contribution in [0.3, 0.4) is 0 Å². The average molecular weight is 380 g/mol. The van der Waals surface area contributed by atoms with Crippen LogP contribution in [0.2, 0.25) is 5.02 Å². The Bertz CT molecular complexity index is 897. The van der Waals surface area contributed by atoms with Crippen LogP contribution in [0.4, 0.5) is 13.2 Å². The molecule has 0 atom stereocenters. The number of benzene rings is 2. The van der Waals surface area contributed by atoms with Gasteiger partial charge in [-0.1, -0.05) is 23.7 Å². The van der Waals surface area contributed by atoms with Crippen LogP contribution in [0.5, 0.6) is 5.75 Å². The van der Waals surface area contributed by atoms with Gasteiger partial charge in [-0.2, -0.15) is 21.6 Å². The predicted molar refractivity (Wildman–Crippen MR) is 79.2 cm³/mol. The lowest BCUT2D eigenvalue weighted by atomic mass is 10.2. The van der Waals surface area contributed by atoms with Gasteiger partial charge in [0, 0.05) is 0 Å². The zero-order valence-electron chi connectivity index (χ0n) is 11.7. The van der Waals surface area contributed by atoms with Crippen LogP contribution in [-0.4, -0.2) is 14.3 Å². The van der Waals surface area contributed by atoms with Crippen molar-refractivity contribution in [1.29, 1.82) is 0 Å². The summed E-state index contributed by atoms with van der Waals surface area (Å²) >= 11 is 5.44. The molecule has 0 saturated carbocycles. The van der Waals surface area contributed by atoms with Gasteiger partial charge in [0.05, 0.1) is 16.1 Å². The Kier molecular flexibility index (Phi) is 4.77. The maximum atomic E-state index is 12.8. The van der Waals surface area contributed by atoms with Crippen molar-refractivity contribution >= 4 is 27.6 Å². The third-order valence-electron chi connectivity index (χ3n) is 2.88. The van der Waals surface area contributed by atoms with E-state index in [4.69, 9.17) is 21.5 Å². The number of nitrogens with two attached hydrogens (primary N) is 1. The van der Waals surface area contributed by atoms with Gasteiger partial charge in [-0.3, -0.25) is 4.79 Å². The van der Waals surface area contributed by atoms with Crippen LogP contribution < -0.4 is 9.92 Å². The first-order chi connectivity index (χ1) is 11.0. The van der Waals surface area contributed by atoms with Crippen molar-refractivity contribution in [3.05, 3.63) is 58.6 Å². The second kappa shape index (κ2) is 6.33. The lowest BCUT2D eigenvalue weighted by Gasteiger charge is -2.13. The molecule has 2 aromatic carbocycles. The van der Waals surface area contributed by atoms with Crippen LogP contribution in [0, 0.1) is 0 Å². The molecule has 0 aliphatic rings. The maximum Gasteiger partial charge on any atom is 0.417 e. The number of amides is 1. The zero-order valence-corrected chi connectivity index (χ0v) is 13.2. The first-order valence-corrected chi connectivity index (χ1v) is 8.01. The number of rotatable bonds is 4. The van der Waals surface area contributed by atoms with Crippen molar-refractivity contribution in [1.82, 2.24) is 0 Å². The molecule has 2 N–H and O–H groups in total. The summed E-state index contributed by atoms with van der Waals surface area (Å²) in [7, 11) is -4.64. The number of alkyl halides is 3. The van der Waals surface area contributed by atoms with Crippen molar-refractivity contribution < 1.29 is 30.6 Å². The average Bonchev–Trinajstić information content (AvgIpc) is 2.46. The molecule has 2 aromatic rings. The lowest BCUT2D eigenvalue weighted by Crippen LogP contribution is -2.17. The van der Waals surface area contributed by atoms with Crippen LogP contribution in [-0.2, 0) is 16.3 Å². The van der Waals surface area contributed by atoms with Crippen molar-refractivity contribution in [2.24, 2.45) is 5.73 Å². The molecule has 0 radical (unpaired) electrons. The fraction of sp³-hybridized carbons (Fsp3) is 0.0714. The molecule has 0 spiro atoms. The number of carbonyl (C=O) groups is 1. The molecule has 0 aromatic heterocycles. The van der Waals surface area contributed by atoms with Gasteiger partial charge in [0.1, 0.15) is 4.90 Å². The fourth-order valence-electron chi connectivity index (χ4n) is 1.79. The number of primary amides is 1. The van der Waals surface area contributed by atoms with Crippen LogP contribution in [0.1, 0.15) is 15.9 Å². The summed E-state index contributed by atoms with van der Waals surface area (Å²) in [6, 6.07) is 7.17. The van der Waals surface area contributed by atoms with Gasteiger partial charge < -0.3 is 9.92 Å². The molecule has 0 fully saturated rings. The standard InChI is InChI=1S/C14H9ClF3NO4S/c15-11-6-5-8(7-10(11)14(16,17)18)24(21,22)23-12-4-2-1-3-9(12)13(19)20/h1-7H,(H2,19,20). The Morgan fingerprint density at radius 2 is 1.75 bits per heavy atom. The Morgan fingerprint density at radius 3 is 2.33 bits per heavy atom. The molecule has 0 bridgehead atoms. The Morgan fingerprint density at radius 1 is 1.12 bits per heavy atom. The van der Waals surface area contributed by atoms with E-state index in [9.17, 15) is 26.4 Å². The topological polar surface area (TPSA) is 86.5 Å². The number of carbonyl (C=O) groups excluding carboxylic acids is 1. The molecule has 0 aliphatic carbocycles. The molecule has 24 heavy (non-hydrogen) atoms. The lowest BCUT2D eigenvalue weighted by molar-refractivity contribution is -0.137. The van der Waals surface area contributed by atoms with Crippen LogP contribution in [0.15, 0.2) is 47.4 Å². The maximum absolute atomic E-state index is 12.8. The summed E-state index contributed by atoms with van der Waals surface area (Å²) in [5.74, 6) is -1.35. The van der Waals surface area contributed by atoms with Gasteiger partial charge >= 0.3 is 16.3 Å². The minimum Gasteiger partial charge on any atom is -0.378 e. The molecule has 0 saturated heterocycles. The number of hydrogen-bond donors (Lipinski definition) is 1. The monoisotopic (exact) mass is 379 g/mol. The highest BCUT2D eigenvalue weighted by atomic mass is 35.5. The van der Waals surface area contributed by atoms with Gasteiger partial charge in [0.2, 0.25) is 0 Å². The van der Waals surface area contributed by atoms with Crippen molar-refractivity contribution in [2.75, 3.05) is 0 Å². The van der Waals surface area contributed by atoms with Gasteiger partial charge in [-0.15, -0.1) is 0 Å². The summed E-state index contributed by atoms with van der Waals surface area (Å²) in [6.45, 7) is 0. The summed E-state index contributed by atoms with van der Waals surface area (Å²) in [4.78, 5) is 10.5. The first kappa shape index (κ1) is 18.1. The Balaban J connectivity index is 2.48. The largest absolute Gasteiger partial charge is 0.417 e. The first-order valence-electron chi connectivity index (χ1n) is 6.22. The van der Waals surface area contributed by atoms with E-state index in [2.05, 4.69) is 0 Å². The summed E-state index contributed by atoms with van der Waals surface area (Å²) in [5, 5.41) is -0.654. The quantitative estimate of drug-likeness (QED) is 0.826. The summed E-state index contributed by atoms with van der Waals surface area (Å²) in [6.07, 6.45) is -4.84. The highest BCUT2D eigenvalue weighted by molar-refractivity contribution is 7.87. The van der Waals surface area contributed by atoms with E-state index < -0.39 is 43.4 Å². The number of halogens is 4. The molecule has 1 amide bonds. The van der Waals surface area contributed by atoms with E-state index in [1.807, 2.05) is 0 Å². The third kappa shape index (κ3) is 3.80. The zero-order chi connectivity index (χ0) is 18.1. The second-order valence-corrected chi connectivity index (χ2v) is 6.49. The van der Waals surface area contributed by atoms with E-state index in [1.54, 1.807) is 0 Å². The Labute approximate surface area is 139 Å². The highest BCUT2D eigenvalue weighted by Crippen LogP contribution is 2.36.